The lowest BCUT2D eigenvalue weighted by Gasteiger charge is -2.06. The van der Waals surface area contributed by atoms with Gasteiger partial charge in [0.25, 0.3) is 0 Å². The molecule has 0 amide bonds. The zero-order valence-corrected chi connectivity index (χ0v) is 13.8. The molecule has 21 heavy (non-hydrogen) atoms. The van der Waals surface area contributed by atoms with Crippen LogP contribution >= 0.6 is 23.2 Å². The van der Waals surface area contributed by atoms with E-state index in [2.05, 4.69) is 6.58 Å². The molecule has 0 saturated carbocycles. The van der Waals surface area contributed by atoms with E-state index in [1.165, 1.54) is 25.7 Å². The maximum Gasteiger partial charge on any atom is 0.338 e. The normalized spacial score (nSPS) is 10.4. The van der Waals surface area contributed by atoms with Gasteiger partial charge in [-0.3, -0.25) is 0 Å². The molecule has 0 aliphatic carbocycles. The minimum atomic E-state index is -0.370. The van der Waals surface area contributed by atoms with Crippen molar-refractivity contribution in [3.63, 3.8) is 0 Å². The van der Waals surface area contributed by atoms with Crippen LogP contribution in [0.5, 0.6) is 0 Å². The lowest BCUT2D eigenvalue weighted by molar-refractivity contribution is 0.0497. The average Bonchev–Trinajstić information content (AvgIpc) is 2.44. The van der Waals surface area contributed by atoms with Crippen molar-refractivity contribution in [3.05, 3.63) is 46.5 Å². The Balaban J connectivity index is 2.12. The summed E-state index contributed by atoms with van der Waals surface area (Å²) in [5, 5.41) is 0.878. The van der Waals surface area contributed by atoms with Crippen LogP contribution in [0.15, 0.2) is 30.9 Å². The van der Waals surface area contributed by atoms with Gasteiger partial charge in [0.2, 0.25) is 0 Å². The largest absolute Gasteiger partial charge is 0.462 e. The summed E-state index contributed by atoms with van der Waals surface area (Å²) in [6.45, 7) is 4.15. The molecular formula is C17H22Cl2O2. The molecule has 116 valence electrons. The van der Waals surface area contributed by atoms with Gasteiger partial charge in [-0.1, -0.05) is 55.0 Å². The maximum absolute atomic E-state index is 11.8. The fourth-order valence-corrected chi connectivity index (χ4v) is 2.54. The number of hydrogen-bond acceptors (Lipinski definition) is 2. The van der Waals surface area contributed by atoms with Crippen molar-refractivity contribution in [1.82, 2.24) is 0 Å². The fraction of sp³-hybridized carbons (Fsp3) is 0.471. The van der Waals surface area contributed by atoms with E-state index in [1.54, 1.807) is 18.2 Å². The van der Waals surface area contributed by atoms with Crippen molar-refractivity contribution in [2.75, 3.05) is 6.61 Å². The molecule has 1 aromatic carbocycles. The smallest absolute Gasteiger partial charge is 0.338 e. The van der Waals surface area contributed by atoms with Crippen LogP contribution in [0.25, 0.3) is 0 Å². The molecule has 0 unspecified atom stereocenters. The van der Waals surface area contributed by atoms with Crippen LogP contribution in [-0.2, 0) is 4.74 Å². The second-order valence-electron chi connectivity index (χ2n) is 4.99. The van der Waals surface area contributed by atoms with E-state index in [1.807, 2.05) is 6.08 Å². The van der Waals surface area contributed by atoms with Gasteiger partial charge < -0.3 is 4.74 Å². The van der Waals surface area contributed by atoms with Gasteiger partial charge >= 0.3 is 5.97 Å². The van der Waals surface area contributed by atoms with Gasteiger partial charge in [0.1, 0.15) is 0 Å². The third-order valence-corrected chi connectivity index (χ3v) is 3.57. The molecule has 4 heteroatoms. The summed E-state index contributed by atoms with van der Waals surface area (Å²) >= 11 is 11.7. The molecule has 0 bridgehead atoms. The highest BCUT2D eigenvalue weighted by molar-refractivity contribution is 6.35. The first-order chi connectivity index (χ1) is 10.1. The van der Waals surface area contributed by atoms with E-state index in [4.69, 9.17) is 27.9 Å². The van der Waals surface area contributed by atoms with E-state index in [0.717, 1.165) is 19.3 Å². The highest BCUT2D eigenvalue weighted by Gasteiger charge is 2.08. The van der Waals surface area contributed by atoms with Crippen LogP contribution < -0.4 is 0 Å². The SMILES string of the molecule is C=CCCCCCCCCOC(=O)c1cc(Cl)cc(Cl)c1. The molecule has 0 radical (unpaired) electrons. The quantitative estimate of drug-likeness (QED) is 0.296. The van der Waals surface area contributed by atoms with Crippen LogP contribution in [0, 0.1) is 0 Å². The number of ether oxygens (including phenoxy) is 1. The van der Waals surface area contributed by atoms with E-state index in [9.17, 15) is 4.79 Å². The first-order valence-corrected chi connectivity index (χ1v) is 8.13. The summed E-state index contributed by atoms with van der Waals surface area (Å²) in [5.41, 5.74) is 0.400. The number of hydrogen-bond donors (Lipinski definition) is 0. The second kappa shape index (κ2) is 10.7. The Bertz CT molecular complexity index is 438. The number of rotatable bonds is 10. The van der Waals surface area contributed by atoms with Gasteiger partial charge in [-0.05, 0) is 37.5 Å². The van der Waals surface area contributed by atoms with Gasteiger partial charge in [0.15, 0.2) is 0 Å². The fourth-order valence-electron chi connectivity index (χ4n) is 2.02. The molecule has 0 heterocycles. The summed E-state index contributed by atoms with van der Waals surface area (Å²) in [6, 6.07) is 4.72. The van der Waals surface area contributed by atoms with Crippen LogP contribution in [0.1, 0.15) is 55.3 Å². The average molecular weight is 329 g/mol. The van der Waals surface area contributed by atoms with E-state index in [0.29, 0.717) is 22.2 Å². The minimum absolute atomic E-state index is 0.370. The van der Waals surface area contributed by atoms with Crippen molar-refractivity contribution in [1.29, 1.82) is 0 Å². The summed E-state index contributed by atoms with van der Waals surface area (Å²) in [5.74, 6) is -0.370. The Hall–Kier alpha value is -0.990. The minimum Gasteiger partial charge on any atom is -0.462 e. The van der Waals surface area contributed by atoms with Crippen molar-refractivity contribution in [2.45, 2.75) is 44.9 Å². The molecule has 0 aliphatic heterocycles. The first-order valence-electron chi connectivity index (χ1n) is 7.37. The monoisotopic (exact) mass is 328 g/mol. The maximum atomic E-state index is 11.8. The zero-order valence-electron chi connectivity index (χ0n) is 12.2. The molecule has 0 aliphatic rings. The van der Waals surface area contributed by atoms with Gasteiger partial charge in [-0.15, -0.1) is 6.58 Å². The van der Waals surface area contributed by atoms with Crippen molar-refractivity contribution >= 4 is 29.2 Å². The number of allylic oxidation sites excluding steroid dienone is 1. The van der Waals surface area contributed by atoms with Crippen LogP contribution in [0.4, 0.5) is 0 Å². The predicted molar refractivity (Wildman–Crippen MR) is 89.3 cm³/mol. The lowest BCUT2D eigenvalue weighted by Crippen LogP contribution is -2.06. The van der Waals surface area contributed by atoms with E-state index >= 15 is 0 Å². The van der Waals surface area contributed by atoms with Crippen LogP contribution in [0.2, 0.25) is 10.0 Å². The van der Waals surface area contributed by atoms with Crippen molar-refractivity contribution < 1.29 is 9.53 Å². The first kappa shape index (κ1) is 18.1. The molecule has 0 spiro atoms. The molecule has 0 aromatic heterocycles. The number of unbranched alkanes of at least 4 members (excludes halogenated alkanes) is 6. The summed E-state index contributed by atoms with van der Waals surface area (Å²) in [4.78, 5) is 11.8. The zero-order chi connectivity index (χ0) is 15.5. The summed E-state index contributed by atoms with van der Waals surface area (Å²) in [7, 11) is 0. The van der Waals surface area contributed by atoms with Crippen LogP contribution in [0.3, 0.4) is 0 Å². The van der Waals surface area contributed by atoms with E-state index < -0.39 is 0 Å². The second-order valence-corrected chi connectivity index (χ2v) is 5.87. The number of carbonyl (C=O) groups is 1. The van der Waals surface area contributed by atoms with Crippen LogP contribution in [-0.4, -0.2) is 12.6 Å². The Morgan fingerprint density at radius 3 is 2.19 bits per heavy atom. The Morgan fingerprint density at radius 2 is 1.57 bits per heavy atom. The number of halogens is 2. The molecule has 2 nitrogen and oxygen atoms in total. The molecular weight excluding hydrogens is 307 g/mol. The lowest BCUT2D eigenvalue weighted by atomic mass is 10.1. The third kappa shape index (κ3) is 8.13. The molecule has 1 aromatic rings. The van der Waals surface area contributed by atoms with Gasteiger partial charge in [0, 0.05) is 10.0 Å². The van der Waals surface area contributed by atoms with Gasteiger partial charge in [-0.25, -0.2) is 4.79 Å². The number of esters is 1. The Labute approximate surface area is 137 Å². The molecule has 1 rings (SSSR count). The van der Waals surface area contributed by atoms with Crippen molar-refractivity contribution in [3.8, 4) is 0 Å². The van der Waals surface area contributed by atoms with Gasteiger partial charge in [0.05, 0.1) is 12.2 Å². The topological polar surface area (TPSA) is 26.3 Å². The molecule has 0 atom stereocenters. The molecule has 0 saturated heterocycles. The predicted octanol–water partition coefficient (Wildman–Crippen LogP) is 6.07. The highest BCUT2D eigenvalue weighted by Crippen LogP contribution is 2.19. The van der Waals surface area contributed by atoms with E-state index in [-0.39, 0.29) is 5.97 Å². The Morgan fingerprint density at radius 1 is 1.00 bits per heavy atom. The summed E-state index contributed by atoms with van der Waals surface area (Å²) < 4.78 is 5.21. The number of benzene rings is 1. The third-order valence-electron chi connectivity index (χ3n) is 3.13. The van der Waals surface area contributed by atoms with Crippen molar-refractivity contribution in [2.24, 2.45) is 0 Å². The standard InChI is InChI=1S/C17H22Cl2O2/c1-2-3-4-5-6-7-8-9-10-21-17(20)14-11-15(18)13-16(19)12-14/h2,11-13H,1,3-10H2. The Kier molecular flexibility index (Phi) is 9.20. The number of carbonyl (C=O) groups excluding carboxylic acids is 1. The van der Waals surface area contributed by atoms with Gasteiger partial charge in [-0.2, -0.15) is 0 Å². The highest BCUT2D eigenvalue weighted by atomic mass is 35.5. The summed E-state index contributed by atoms with van der Waals surface area (Å²) in [6.07, 6.45) is 9.89. The molecule has 0 fully saturated rings. The molecule has 0 N–H and O–H groups in total.